The van der Waals surface area contributed by atoms with Crippen LogP contribution in [0.25, 0.3) is 10.9 Å². The highest BCUT2D eigenvalue weighted by Crippen LogP contribution is 2.22. The van der Waals surface area contributed by atoms with E-state index in [-0.39, 0.29) is 12.3 Å². The topological polar surface area (TPSA) is 79.8 Å². The number of aromatic amines is 1. The van der Waals surface area contributed by atoms with Gasteiger partial charge in [-0.25, -0.2) is 0 Å². The van der Waals surface area contributed by atoms with Gasteiger partial charge in [0.25, 0.3) is 5.91 Å². The van der Waals surface area contributed by atoms with Crippen molar-refractivity contribution < 1.29 is 14.2 Å². The second kappa shape index (κ2) is 5.44. The van der Waals surface area contributed by atoms with E-state index in [1.807, 2.05) is 31.2 Å². The number of ketones is 1. The lowest BCUT2D eigenvalue weighted by molar-refractivity contribution is -0.683. The molecular formula is C17H16N3O2+. The Morgan fingerprint density at radius 1 is 1.18 bits per heavy atom. The van der Waals surface area contributed by atoms with Crippen molar-refractivity contribution in [3.8, 4) is 0 Å². The Labute approximate surface area is 127 Å². The van der Waals surface area contributed by atoms with E-state index in [4.69, 9.17) is 5.73 Å². The van der Waals surface area contributed by atoms with Gasteiger partial charge in [0.05, 0.1) is 5.56 Å². The highest BCUT2D eigenvalue weighted by atomic mass is 16.1. The van der Waals surface area contributed by atoms with Crippen molar-refractivity contribution in [1.29, 1.82) is 0 Å². The van der Waals surface area contributed by atoms with Crippen LogP contribution in [0.5, 0.6) is 0 Å². The number of carbonyl (C=O) groups is 2. The monoisotopic (exact) mass is 294 g/mol. The molecule has 1 amide bonds. The van der Waals surface area contributed by atoms with E-state index in [9.17, 15) is 9.59 Å². The normalized spacial score (nSPS) is 10.8. The number of Topliss-reactive ketones (excluding diaryl/α,β-unsaturated/α-hetero) is 1. The summed E-state index contributed by atoms with van der Waals surface area (Å²) in [5, 5.41) is 0.914. The number of nitrogens with one attached hydrogen (secondary N) is 1. The molecule has 0 aliphatic heterocycles. The SMILES string of the molecule is Cc1[nH]c2ccccc2c1C(=O)C[n+]1cccc(C(N)=O)c1. The Kier molecular flexibility index (Phi) is 3.47. The average molecular weight is 294 g/mol. The third-order valence-electron chi connectivity index (χ3n) is 3.64. The molecule has 0 unspecified atom stereocenters. The van der Waals surface area contributed by atoms with E-state index < -0.39 is 5.91 Å². The van der Waals surface area contributed by atoms with Gasteiger partial charge in [-0.2, -0.15) is 4.57 Å². The lowest BCUT2D eigenvalue weighted by Gasteiger charge is -2.00. The van der Waals surface area contributed by atoms with Crippen LogP contribution in [0.4, 0.5) is 0 Å². The van der Waals surface area contributed by atoms with Crippen LogP contribution in [-0.2, 0) is 6.54 Å². The second-order valence-electron chi connectivity index (χ2n) is 5.22. The van der Waals surface area contributed by atoms with E-state index in [2.05, 4.69) is 4.98 Å². The summed E-state index contributed by atoms with van der Waals surface area (Å²) in [6.07, 6.45) is 3.33. The first-order valence-corrected chi connectivity index (χ1v) is 6.95. The van der Waals surface area contributed by atoms with Gasteiger partial charge >= 0.3 is 0 Å². The fraction of sp³-hybridized carbons (Fsp3) is 0.118. The average Bonchev–Trinajstić information content (AvgIpc) is 2.83. The number of aryl methyl sites for hydroxylation is 1. The van der Waals surface area contributed by atoms with Crippen molar-refractivity contribution in [2.75, 3.05) is 0 Å². The zero-order chi connectivity index (χ0) is 15.7. The minimum atomic E-state index is -0.509. The van der Waals surface area contributed by atoms with Gasteiger partial charge in [0.1, 0.15) is 5.56 Å². The van der Waals surface area contributed by atoms with Crippen molar-refractivity contribution in [3.05, 3.63) is 65.6 Å². The summed E-state index contributed by atoms with van der Waals surface area (Å²) in [5.41, 5.74) is 8.12. The second-order valence-corrected chi connectivity index (χ2v) is 5.22. The number of hydrogen-bond acceptors (Lipinski definition) is 2. The first kappa shape index (κ1) is 14.0. The van der Waals surface area contributed by atoms with Crippen molar-refractivity contribution >= 4 is 22.6 Å². The number of fused-ring (bicyclic) bond motifs is 1. The summed E-state index contributed by atoms with van der Waals surface area (Å²) >= 11 is 0. The van der Waals surface area contributed by atoms with Gasteiger partial charge < -0.3 is 10.7 Å². The van der Waals surface area contributed by atoms with Crippen molar-refractivity contribution in [2.24, 2.45) is 5.73 Å². The maximum atomic E-state index is 12.6. The van der Waals surface area contributed by atoms with Gasteiger partial charge in [-0.15, -0.1) is 0 Å². The summed E-state index contributed by atoms with van der Waals surface area (Å²) in [4.78, 5) is 27.1. The molecule has 110 valence electrons. The molecule has 2 heterocycles. The summed E-state index contributed by atoms with van der Waals surface area (Å²) in [6.45, 7) is 2.04. The molecule has 1 aromatic carbocycles. The molecule has 0 saturated carbocycles. The van der Waals surface area contributed by atoms with E-state index in [1.165, 1.54) is 0 Å². The number of carbonyl (C=O) groups excluding carboxylic acids is 2. The molecule has 0 aliphatic carbocycles. The first-order valence-electron chi connectivity index (χ1n) is 6.95. The van der Waals surface area contributed by atoms with Crippen LogP contribution in [0.1, 0.15) is 26.4 Å². The molecule has 5 heteroatoms. The molecule has 2 aromatic heterocycles. The zero-order valence-corrected chi connectivity index (χ0v) is 12.2. The third-order valence-corrected chi connectivity index (χ3v) is 3.64. The van der Waals surface area contributed by atoms with Gasteiger partial charge in [0, 0.05) is 22.7 Å². The maximum Gasteiger partial charge on any atom is 0.254 e. The third kappa shape index (κ3) is 2.48. The Morgan fingerprint density at radius 3 is 2.73 bits per heavy atom. The van der Waals surface area contributed by atoms with E-state index >= 15 is 0 Å². The van der Waals surface area contributed by atoms with Crippen molar-refractivity contribution in [1.82, 2.24) is 4.98 Å². The van der Waals surface area contributed by atoms with Crippen LogP contribution < -0.4 is 10.3 Å². The molecular weight excluding hydrogens is 278 g/mol. The number of nitrogens with two attached hydrogens (primary N) is 1. The Morgan fingerprint density at radius 2 is 1.95 bits per heavy atom. The Bertz CT molecular complexity index is 880. The number of primary amides is 1. The van der Waals surface area contributed by atoms with Crippen LogP contribution in [0.2, 0.25) is 0 Å². The molecule has 3 aromatic rings. The van der Waals surface area contributed by atoms with Crippen molar-refractivity contribution in [3.63, 3.8) is 0 Å². The molecule has 0 aliphatic rings. The fourth-order valence-electron chi connectivity index (χ4n) is 2.65. The standard InChI is InChI=1S/C17H15N3O2/c1-11-16(13-6-2-3-7-14(13)19-11)15(21)10-20-8-4-5-12(9-20)17(18)22/h2-9H,10H2,1H3,(H2-,18,19,21,22)/p+1. The molecule has 0 radical (unpaired) electrons. The van der Waals surface area contributed by atoms with Crippen LogP contribution in [0, 0.1) is 6.92 Å². The molecule has 0 fully saturated rings. The predicted molar refractivity (Wildman–Crippen MR) is 82.5 cm³/mol. The minimum absolute atomic E-state index is 0.0124. The van der Waals surface area contributed by atoms with E-state index in [0.29, 0.717) is 11.1 Å². The highest BCUT2D eigenvalue weighted by Gasteiger charge is 2.20. The van der Waals surface area contributed by atoms with Crippen LogP contribution in [-0.4, -0.2) is 16.7 Å². The number of H-pyrrole nitrogens is 1. The lowest BCUT2D eigenvalue weighted by atomic mass is 10.1. The summed E-state index contributed by atoms with van der Waals surface area (Å²) in [5.74, 6) is -0.522. The zero-order valence-electron chi connectivity index (χ0n) is 12.2. The smallest absolute Gasteiger partial charge is 0.254 e. The molecule has 5 nitrogen and oxygen atoms in total. The molecule has 0 bridgehead atoms. The first-order chi connectivity index (χ1) is 10.6. The van der Waals surface area contributed by atoms with Crippen LogP contribution in [0.15, 0.2) is 48.8 Å². The number of pyridine rings is 1. The van der Waals surface area contributed by atoms with Gasteiger partial charge in [0.2, 0.25) is 12.3 Å². The Hall–Kier alpha value is -2.95. The minimum Gasteiger partial charge on any atom is -0.365 e. The molecule has 0 saturated heterocycles. The fourth-order valence-corrected chi connectivity index (χ4v) is 2.65. The predicted octanol–water partition coefficient (Wildman–Crippen LogP) is 1.75. The highest BCUT2D eigenvalue weighted by molar-refractivity contribution is 6.08. The lowest BCUT2D eigenvalue weighted by Crippen LogP contribution is -2.38. The van der Waals surface area contributed by atoms with E-state index in [0.717, 1.165) is 16.6 Å². The maximum absolute atomic E-state index is 12.6. The molecule has 3 rings (SSSR count). The van der Waals surface area contributed by atoms with E-state index in [1.54, 1.807) is 29.1 Å². The largest absolute Gasteiger partial charge is 0.365 e. The van der Waals surface area contributed by atoms with Gasteiger partial charge in [-0.1, -0.05) is 18.2 Å². The number of rotatable bonds is 4. The van der Waals surface area contributed by atoms with Gasteiger partial charge in [-0.05, 0) is 19.1 Å². The number of para-hydroxylation sites is 1. The molecule has 3 N–H and O–H groups in total. The Balaban J connectivity index is 1.95. The summed E-state index contributed by atoms with van der Waals surface area (Å²) in [6, 6.07) is 11.0. The van der Waals surface area contributed by atoms with Crippen LogP contribution >= 0.6 is 0 Å². The van der Waals surface area contributed by atoms with Crippen molar-refractivity contribution in [2.45, 2.75) is 13.5 Å². The van der Waals surface area contributed by atoms with Crippen LogP contribution in [0.3, 0.4) is 0 Å². The number of nitrogens with zero attached hydrogens (tertiary/aromatic N) is 1. The van der Waals surface area contributed by atoms with Gasteiger partial charge in [0.15, 0.2) is 12.4 Å². The number of hydrogen-bond donors (Lipinski definition) is 2. The summed E-state index contributed by atoms with van der Waals surface area (Å²) in [7, 11) is 0. The molecule has 22 heavy (non-hydrogen) atoms. The molecule has 0 atom stereocenters. The molecule has 0 spiro atoms. The van der Waals surface area contributed by atoms with Gasteiger partial charge in [-0.3, -0.25) is 9.59 Å². The quantitative estimate of drug-likeness (QED) is 0.568. The summed E-state index contributed by atoms with van der Waals surface area (Å²) < 4.78 is 1.67. The number of aromatic nitrogens is 2. The number of benzene rings is 1. The number of amides is 1.